The third kappa shape index (κ3) is 5.35. The van der Waals surface area contributed by atoms with E-state index in [4.69, 9.17) is 15.0 Å². The van der Waals surface area contributed by atoms with Gasteiger partial charge < -0.3 is 4.57 Å². The number of hydrogen-bond donors (Lipinski definition) is 0. The number of para-hydroxylation sites is 1. The van der Waals surface area contributed by atoms with E-state index in [1.165, 1.54) is 0 Å². The third-order valence-corrected chi connectivity index (χ3v) is 11.1. The lowest BCUT2D eigenvalue weighted by Gasteiger charge is -2.14. The van der Waals surface area contributed by atoms with Crippen molar-refractivity contribution in [2.75, 3.05) is 0 Å². The van der Waals surface area contributed by atoms with Crippen molar-refractivity contribution >= 4 is 54.1 Å². The van der Waals surface area contributed by atoms with Crippen molar-refractivity contribution in [3.05, 3.63) is 194 Å². The molecule has 0 aliphatic rings. The molecule has 0 spiro atoms. The number of nitriles is 1. The number of hydrogen-bond acceptors (Lipinski definition) is 4. The smallest absolute Gasteiger partial charge is 0.164 e. The van der Waals surface area contributed by atoms with Crippen molar-refractivity contribution in [2.45, 2.75) is 0 Å². The maximum absolute atomic E-state index is 9.85. The molecule has 2 heterocycles. The van der Waals surface area contributed by atoms with Gasteiger partial charge in [-0.15, -0.1) is 0 Å². The Morgan fingerprint density at radius 3 is 1.46 bits per heavy atom. The zero-order chi connectivity index (χ0) is 37.9. The highest BCUT2D eigenvalue weighted by Gasteiger charge is 2.19. The summed E-state index contributed by atoms with van der Waals surface area (Å²) in [6.07, 6.45) is 0. The van der Waals surface area contributed by atoms with Crippen molar-refractivity contribution in [1.82, 2.24) is 19.5 Å². The Morgan fingerprint density at radius 1 is 0.368 bits per heavy atom. The fourth-order valence-corrected chi connectivity index (χ4v) is 8.44. The molecule has 264 valence electrons. The molecular weight excluding hydrogens is 695 g/mol. The Balaban J connectivity index is 1.13. The fourth-order valence-electron chi connectivity index (χ4n) is 8.44. The Hall–Kier alpha value is -7.94. The molecule has 0 bridgehead atoms. The van der Waals surface area contributed by atoms with Crippen molar-refractivity contribution in [2.24, 2.45) is 0 Å². The van der Waals surface area contributed by atoms with Crippen molar-refractivity contribution in [3.63, 3.8) is 0 Å². The molecule has 0 saturated heterocycles. The van der Waals surface area contributed by atoms with Crippen LogP contribution in [0.3, 0.4) is 0 Å². The SMILES string of the molecule is N#Cc1ccc2c(c1)c1cc(-c3ccc(-c4nc(-c5cccc6ccccc56)nc(-c5cccc6ccccc56)n4)c4ccccc34)ccc1n2-c1ccccc1. The van der Waals surface area contributed by atoms with Crippen LogP contribution >= 0.6 is 0 Å². The summed E-state index contributed by atoms with van der Waals surface area (Å²) in [4.78, 5) is 15.7. The molecule has 0 aliphatic carbocycles. The second-order valence-electron chi connectivity index (χ2n) is 14.3. The normalized spacial score (nSPS) is 11.5. The van der Waals surface area contributed by atoms with E-state index < -0.39 is 0 Å². The standard InChI is InChI=1S/C52H31N5/c53-32-33-24-28-48-46(30-33)47-31-36(25-29-49(47)57(48)37-16-2-1-3-17-37)40-26-27-45(42-21-9-8-20-41(40)42)52-55-50(43-22-10-14-34-12-4-6-18-38(34)43)54-51(56-52)44-23-11-15-35-13-5-7-19-39(35)44/h1-31H. The second-order valence-corrected chi connectivity index (χ2v) is 14.3. The molecule has 0 fully saturated rings. The summed E-state index contributed by atoms with van der Waals surface area (Å²) in [6.45, 7) is 0. The van der Waals surface area contributed by atoms with Gasteiger partial charge in [0.25, 0.3) is 0 Å². The van der Waals surface area contributed by atoms with Gasteiger partial charge in [0.05, 0.1) is 22.7 Å². The van der Waals surface area contributed by atoms with Gasteiger partial charge in [0.2, 0.25) is 0 Å². The highest BCUT2D eigenvalue weighted by Crippen LogP contribution is 2.40. The highest BCUT2D eigenvalue weighted by atomic mass is 15.0. The van der Waals surface area contributed by atoms with Crippen LogP contribution in [0.1, 0.15) is 5.56 Å². The Bertz CT molecular complexity index is 3320. The van der Waals surface area contributed by atoms with Crippen LogP contribution in [0.2, 0.25) is 0 Å². The molecule has 0 radical (unpaired) electrons. The first-order chi connectivity index (χ1) is 28.2. The average Bonchev–Trinajstić information content (AvgIpc) is 3.61. The van der Waals surface area contributed by atoms with Gasteiger partial charge in [-0.2, -0.15) is 5.26 Å². The molecular formula is C52H31N5. The average molecular weight is 726 g/mol. The minimum atomic E-state index is 0.615. The first-order valence-corrected chi connectivity index (χ1v) is 19.0. The van der Waals surface area contributed by atoms with Crippen molar-refractivity contribution < 1.29 is 0 Å². The Morgan fingerprint density at radius 2 is 0.842 bits per heavy atom. The predicted molar refractivity (Wildman–Crippen MR) is 233 cm³/mol. The summed E-state index contributed by atoms with van der Waals surface area (Å²) in [7, 11) is 0. The number of nitrogens with zero attached hydrogens (tertiary/aromatic N) is 5. The van der Waals surface area contributed by atoms with Crippen LogP contribution in [-0.4, -0.2) is 19.5 Å². The number of fused-ring (bicyclic) bond motifs is 6. The van der Waals surface area contributed by atoms with Gasteiger partial charge in [-0.1, -0.05) is 140 Å². The van der Waals surface area contributed by atoms with E-state index in [0.29, 0.717) is 23.0 Å². The summed E-state index contributed by atoms with van der Waals surface area (Å²) < 4.78 is 2.28. The van der Waals surface area contributed by atoms with E-state index in [0.717, 1.165) is 87.6 Å². The van der Waals surface area contributed by atoms with E-state index in [9.17, 15) is 5.26 Å². The lowest BCUT2D eigenvalue weighted by Crippen LogP contribution is -2.01. The fraction of sp³-hybridized carbons (Fsp3) is 0. The summed E-state index contributed by atoms with van der Waals surface area (Å²) in [5.41, 5.74) is 8.90. The van der Waals surface area contributed by atoms with Gasteiger partial charge in [0.15, 0.2) is 17.5 Å². The van der Waals surface area contributed by atoms with Crippen molar-refractivity contribution in [3.8, 4) is 57.0 Å². The molecule has 5 heteroatoms. The number of aromatic nitrogens is 4. The maximum Gasteiger partial charge on any atom is 0.164 e. The van der Waals surface area contributed by atoms with Gasteiger partial charge in [0, 0.05) is 33.2 Å². The molecule has 0 aliphatic heterocycles. The number of benzene rings is 9. The summed E-state index contributed by atoms with van der Waals surface area (Å²) >= 11 is 0. The first-order valence-electron chi connectivity index (χ1n) is 19.0. The highest BCUT2D eigenvalue weighted by molar-refractivity contribution is 6.12. The summed E-state index contributed by atoms with van der Waals surface area (Å²) in [6, 6.07) is 67.5. The van der Waals surface area contributed by atoms with E-state index in [1.54, 1.807) is 0 Å². The van der Waals surface area contributed by atoms with Crippen LogP contribution in [-0.2, 0) is 0 Å². The van der Waals surface area contributed by atoms with Crippen LogP contribution in [0.25, 0.3) is 105 Å². The van der Waals surface area contributed by atoms with Gasteiger partial charge in [-0.25, -0.2) is 15.0 Å². The van der Waals surface area contributed by atoms with Gasteiger partial charge in [-0.05, 0) is 92.0 Å². The molecule has 5 nitrogen and oxygen atoms in total. The minimum Gasteiger partial charge on any atom is -0.309 e. The second kappa shape index (κ2) is 13.1. The summed E-state index contributed by atoms with van der Waals surface area (Å²) in [5.74, 6) is 1.87. The molecule has 0 saturated carbocycles. The number of rotatable bonds is 5. The molecule has 2 aromatic heterocycles. The predicted octanol–water partition coefficient (Wildman–Crippen LogP) is 13.0. The van der Waals surface area contributed by atoms with E-state index in [-0.39, 0.29) is 0 Å². The quantitative estimate of drug-likeness (QED) is 0.177. The minimum absolute atomic E-state index is 0.615. The van der Waals surface area contributed by atoms with E-state index in [2.05, 4.69) is 180 Å². The Kier molecular flexibility index (Phi) is 7.48. The third-order valence-electron chi connectivity index (χ3n) is 11.1. The molecule has 0 atom stereocenters. The molecule has 9 aromatic carbocycles. The molecule has 57 heavy (non-hydrogen) atoms. The van der Waals surface area contributed by atoms with E-state index >= 15 is 0 Å². The molecule has 0 N–H and O–H groups in total. The molecule has 0 amide bonds. The first kappa shape index (κ1) is 32.5. The Labute approximate surface area is 328 Å². The lowest BCUT2D eigenvalue weighted by atomic mass is 9.93. The molecule has 0 unspecified atom stereocenters. The molecule has 11 rings (SSSR count). The molecule has 11 aromatic rings. The lowest BCUT2D eigenvalue weighted by molar-refractivity contribution is 1.08. The van der Waals surface area contributed by atoms with Gasteiger partial charge >= 0.3 is 0 Å². The topological polar surface area (TPSA) is 67.4 Å². The van der Waals surface area contributed by atoms with Crippen LogP contribution < -0.4 is 0 Å². The van der Waals surface area contributed by atoms with Crippen LogP contribution in [0.15, 0.2) is 188 Å². The largest absolute Gasteiger partial charge is 0.309 e. The van der Waals surface area contributed by atoms with Crippen molar-refractivity contribution in [1.29, 1.82) is 5.26 Å². The van der Waals surface area contributed by atoms with Gasteiger partial charge in [0.1, 0.15) is 0 Å². The zero-order valence-corrected chi connectivity index (χ0v) is 30.6. The van der Waals surface area contributed by atoms with E-state index in [1.807, 2.05) is 18.2 Å². The van der Waals surface area contributed by atoms with Crippen LogP contribution in [0, 0.1) is 11.3 Å². The monoisotopic (exact) mass is 725 g/mol. The van der Waals surface area contributed by atoms with Crippen LogP contribution in [0.4, 0.5) is 0 Å². The zero-order valence-electron chi connectivity index (χ0n) is 30.6. The summed E-state index contributed by atoms with van der Waals surface area (Å²) in [5, 5.41) is 18.6. The van der Waals surface area contributed by atoms with Crippen LogP contribution in [0.5, 0.6) is 0 Å². The van der Waals surface area contributed by atoms with Gasteiger partial charge in [-0.3, -0.25) is 0 Å². The maximum atomic E-state index is 9.85.